The predicted octanol–water partition coefficient (Wildman–Crippen LogP) is 3.79. The average molecular weight is 488 g/mol. The second-order valence-corrected chi connectivity index (χ2v) is 11.6. The topological polar surface area (TPSA) is 86.8 Å². The molecule has 2 rings (SSSR count). The minimum atomic E-state index is -3.75. The number of hydrogen-bond donors (Lipinski definition) is 1. The Morgan fingerprint density at radius 3 is 2.18 bits per heavy atom. The molecule has 7 nitrogen and oxygen atoms in total. The third kappa shape index (κ3) is 7.58. The Kier molecular flexibility index (Phi) is 8.89. The Morgan fingerprint density at radius 1 is 1.03 bits per heavy atom. The normalized spacial score (nSPS) is 12.7. The SMILES string of the molecule is CCC(C(=O)NC(C)(C)C)N(Cc1ccccc1)C(=O)CN(c1cc(C)ccc1C)S(C)(=O)=O. The Labute approximate surface area is 204 Å². The number of amides is 2. The zero-order valence-corrected chi connectivity index (χ0v) is 22.1. The molecule has 0 aliphatic rings. The van der Waals surface area contributed by atoms with E-state index in [1.54, 1.807) is 6.07 Å². The largest absolute Gasteiger partial charge is 0.350 e. The summed E-state index contributed by atoms with van der Waals surface area (Å²) in [7, 11) is -3.75. The van der Waals surface area contributed by atoms with Gasteiger partial charge >= 0.3 is 0 Å². The van der Waals surface area contributed by atoms with Gasteiger partial charge in [-0.15, -0.1) is 0 Å². The highest BCUT2D eigenvalue weighted by Crippen LogP contribution is 2.25. The quantitative estimate of drug-likeness (QED) is 0.583. The minimum absolute atomic E-state index is 0.195. The van der Waals surface area contributed by atoms with Crippen molar-refractivity contribution in [2.75, 3.05) is 17.1 Å². The molecule has 0 bridgehead atoms. The summed E-state index contributed by atoms with van der Waals surface area (Å²) in [5.74, 6) is -0.706. The summed E-state index contributed by atoms with van der Waals surface area (Å²) >= 11 is 0. The molecular weight excluding hydrogens is 450 g/mol. The molecule has 1 unspecified atom stereocenters. The van der Waals surface area contributed by atoms with Gasteiger partial charge in [-0.2, -0.15) is 0 Å². The number of anilines is 1. The van der Waals surface area contributed by atoms with Crippen LogP contribution >= 0.6 is 0 Å². The van der Waals surface area contributed by atoms with Crippen LogP contribution in [0, 0.1) is 13.8 Å². The first-order valence-corrected chi connectivity index (χ1v) is 13.3. The van der Waals surface area contributed by atoms with E-state index in [0.717, 1.165) is 27.3 Å². The number of rotatable bonds is 9. The van der Waals surface area contributed by atoms with E-state index in [4.69, 9.17) is 0 Å². The minimum Gasteiger partial charge on any atom is -0.350 e. The van der Waals surface area contributed by atoms with Gasteiger partial charge in [-0.3, -0.25) is 13.9 Å². The van der Waals surface area contributed by atoms with Crippen LogP contribution in [-0.2, 0) is 26.2 Å². The van der Waals surface area contributed by atoms with Crippen molar-refractivity contribution < 1.29 is 18.0 Å². The summed E-state index contributed by atoms with van der Waals surface area (Å²) in [4.78, 5) is 28.3. The van der Waals surface area contributed by atoms with E-state index >= 15 is 0 Å². The number of carbonyl (C=O) groups is 2. The number of carbonyl (C=O) groups excluding carboxylic acids is 2. The third-order valence-corrected chi connectivity index (χ3v) is 6.52. The summed E-state index contributed by atoms with van der Waals surface area (Å²) in [5, 5.41) is 2.96. The first-order valence-electron chi connectivity index (χ1n) is 11.4. The van der Waals surface area contributed by atoms with Gasteiger partial charge in [-0.1, -0.05) is 49.4 Å². The lowest BCUT2D eigenvalue weighted by Crippen LogP contribution is -2.55. The van der Waals surface area contributed by atoms with Crippen molar-refractivity contribution >= 4 is 27.5 Å². The molecule has 0 fully saturated rings. The molecule has 2 aromatic rings. The van der Waals surface area contributed by atoms with Gasteiger partial charge < -0.3 is 10.2 Å². The van der Waals surface area contributed by atoms with Crippen LogP contribution in [0.25, 0.3) is 0 Å². The molecule has 186 valence electrons. The Bertz CT molecular complexity index is 1110. The monoisotopic (exact) mass is 487 g/mol. The maximum absolute atomic E-state index is 13.7. The van der Waals surface area contributed by atoms with Gasteiger partial charge in [0, 0.05) is 12.1 Å². The summed E-state index contributed by atoms with van der Waals surface area (Å²) in [6.45, 7) is 11.0. The van der Waals surface area contributed by atoms with E-state index in [9.17, 15) is 18.0 Å². The van der Waals surface area contributed by atoms with Crippen LogP contribution in [0.4, 0.5) is 5.69 Å². The fourth-order valence-electron chi connectivity index (χ4n) is 3.74. The van der Waals surface area contributed by atoms with Crippen LogP contribution in [0.15, 0.2) is 48.5 Å². The smallest absolute Gasteiger partial charge is 0.244 e. The molecular formula is C26H37N3O4S. The summed E-state index contributed by atoms with van der Waals surface area (Å²) in [5.41, 5.74) is 2.48. The maximum Gasteiger partial charge on any atom is 0.244 e. The zero-order valence-electron chi connectivity index (χ0n) is 21.3. The van der Waals surface area contributed by atoms with Crippen molar-refractivity contribution in [2.45, 2.75) is 66.1 Å². The summed E-state index contributed by atoms with van der Waals surface area (Å²) in [6, 6.07) is 14.1. The van der Waals surface area contributed by atoms with Crippen molar-refractivity contribution in [1.82, 2.24) is 10.2 Å². The molecule has 0 aliphatic heterocycles. The van der Waals surface area contributed by atoms with Crippen molar-refractivity contribution in [3.63, 3.8) is 0 Å². The lowest BCUT2D eigenvalue weighted by molar-refractivity contribution is -0.141. The molecule has 2 aromatic carbocycles. The number of aryl methyl sites for hydroxylation is 2. The van der Waals surface area contributed by atoms with Crippen LogP contribution in [-0.4, -0.2) is 49.5 Å². The molecule has 0 aliphatic carbocycles. The third-order valence-electron chi connectivity index (χ3n) is 5.39. The number of sulfonamides is 1. The van der Waals surface area contributed by atoms with E-state index in [0.29, 0.717) is 12.1 Å². The molecule has 1 atom stereocenters. The van der Waals surface area contributed by atoms with Gasteiger partial charge in [-0.05, 0) is 63.8 Å². The second-order valence-electron chi connectivity index (χ2n) is 9.73. The highest BCUT2D eigenvalue weighted by atomic mass is 32.2. The molecule has 0 aromatic heterocycles. The Morgan fingerprint density at radius 2 is 1.65 bits per heavy atom. The fourth-order valence-corrected chi connectivity index (χ4v) is 4.63. The van der Waals surface area contributed by atoms with Crippen molar-refractivity contribution in [1.29, 1.82) is 0 Å². The first kappa shape index (κ1) is 27.4. The lowest BCUT2D eigenvalue weighted by Gasteiger charge is -2.34. The van der Waals surface area contributed by atoms with Crippen molar-refractivity contribution in [3.8, 4) is 0 Å². The molecule has 0 saturated carbocycles. The van der Waals surface area contributed by atoms with Crippen LogP contribution in [0.1, 0.15) is 50.8 Å². The highest BCUT2D eigenvalue weighted by molar-refractivity contribution is 7.92. The molecule has 8 heteroatoms. The van der Waals surface area contributed by atoms with E-state index in [1.165, 1.54) is 4.90 Å². The van der Waals surface area contributed by atoms with Crippen molar-refractivity contribution in [2.24, 2.45) is 0 Å². The molecule has 0 spiro atoms. The van der Waals surface area contributed by atoms with Crippen LogP contribution in [0.5, 0.6) is 0 Å². The Hall–Kier alpha value is -2.87. The van der Waals surface area contributed by atoms with Crippen LogP contribution in [0.3, 0.4) is 0 Å². The number of nitrogens with one attached hydrogen (secondary N) is 1. The molecule has 2 amide bonds. The predicted molar refractivity (Wildman–Crippen MR) is 137 cm³/mol. The van der Waals surface area contributed by atoms with Gasteiger partial charge in [0.25, 0.3) is 0 Å². The number of nitrogens with zero attached hydrogens (tertiary/aromatic N) is 2. The highest BCUT2D eigenvalue weighted by Gasteiger charge is 2.33. The van der Waals surface area contributed by atoms with Crippen LogP contribution in [0.2, 0.25) is 0 Å². The van der Waals surface area contributed by atoms with Gasteiger partial charge in [0.1, 0.15) is 12.6 Å². The maximum atomic E-state index is 13.7. The fraction of sp³-hybridized carbons (Fsp3) is 0.462. The summed E-state index contributed by atoms with van der Waals surface area (Å²) in [6.07, 6.45) is 1.48. The van der Waals surface area contributed by atoms with E-state index in [-0.39, 0.29) is 12.5 Å². The molecule has 34 heavy (non-hydrogen) atoms. The van der Waals surface area contributed by atoms with E-state index < -0.39 is 34.1 Å². The van der Waals surface area contributed by atoms with Gasteiger partial charge in [-0.25, -0.2) is 8.42 Å². The zero-order chi connectivity index (χ0) is 25.7. The average Bonchev–Trinajstić information content (AvgIpc) is 2.72. The Balaban J connectivity index is 2.48. The van der Waals surface area contributed by atoms with Crippen LogP contribution < -0.4 is 9.62 Å². The van der Waals surface area contributed by atoms with Gasteiger partial charge in [0.05, 0.1) is 11.9 Å². The molecule has 1 N–H and O–H groups in total. The number of hydrogen-bond acceptors (Lipinski definition) is 4. The van der Waals surface area contributed by atoms with E-state index in [2.05, 4.69) is 5.32 Å². The molecule has 0 heterocycles. The van der Waals surface area contributed by atoms with E-state index in [1.807, 2.05) is 84.0 Å². The van der Waals surface area contributed by atoms with Gasteiger partial charge in [0.2, 0.25) is 21.8 Å². The lowest BCUT2D eigenvalue weighted by atomic mass is 10.1. The van der Waals surface area contributed by atoms with Crippen molar-refractivity contribution in [3.05, 3.63) is 65.2 Å². The second kappa shape index (κ2) is 11.0. The molecule has 0 saturated heterocycles. The number of benzene rings is 2. The standard InChI is InChI=1S/C26H37N3O4S/c1-8-22(25(31)27-26(4,5)6)28(17-21-12-10-9-11-13-21)24(30)18-29(34(7,32)33)23-16-19(2)14-15-20(23)3/h9-16,22H,8,17-18H2,1-7H3,(H,27,31). The first-order chi connectivity index (χ1) is 15.7. The molecule has 0 radical (unpaired) electrons. The summed E-state index contributed by atoms with van der Waals surface area (Å²) < 4.78 is 26.6. The van der Waals surface area contributed by atoms with Gasteiger partial charge in [0.15, 0.2) is 0 Å².